The fourth-order valence-corrected chi connectivity index (χ4v) is 8.01. The molecule has 1 amide bonds. The van der Waals surface area contributed by atoms with Gasteiger partial charge >= 0.3 is 0 Å². The Balaban J connectivity index is 1.33. The molecule has 7 heteroatoms. The van der Waals surface area contributed by atoms with Crippen molar-refractivity contribution in [3.63, 3.8) is 0 Å². The number of carbonyl (C=O) groups is 1. The van der Waals surface area contributed by atoms with Crippen LogP contribution in [-0.4, -0.2) is 22.2 Å². The van der Waals surface area contributed by atoms with Crippen LogP contribution < -0.4 is 5.32 Å². The summed E-state index contributed by atoms with van der Waals surface area (Å²) in [6.07, 6.45) is 4.54. The Morgan fingerprint density at radius 1 is 1.27 bits per heavy atom. The van der Waals surface area contributed by atoms with Gasteiger partial charge in [0.15, 0.2) is 5.69 Å². The van der Waals surface area contributed by atoms with Gasteiger partial charge in [-0.2, -0.15) is 5.10 Å². The van der Waals surface area contributed by atoms with E-state index in [9.17, 15) is 4.79 Å². The van der Waals surface area contributed by atoms with Crippen molar-refractivity contribution in [2.75, 3.05) is 6.54 Å². The molecule has 0 spiro atoms. The second-order valence-corrected chi connectivity index (χ2v) is 12.6. The molecule has 1 aromatic carbocycles. The zero-order valence-electron chi connectivity index (χ0n) is 19.0. The molecule has 3 fully saturated rings. The van der Waals surface area contributed by atoms with Crippen molar-refractivity contribution < 1.29 is 4.79 Å². The Labute approximate surface area is 208 Å². The standard InChI is InChI=1S/C26H27Cl2N3OS/c1-13-8-17-22(33-13)11-18-23(30-31(24(17)18)21-7-6-16(27)10-20(21)28)25(32)29-12-14-4-5-15-9-19(14)26(15,2)3/h6-8,10,14-15,19H,4-5,9,11-12H2,1-3H3,(H,29,32). The highest BCUT2D eigenvalue weighted by atomic mass is 35.5. The number of aryl methyl sites for hydroxylation is 1. The summed E-state index contributed by atoms with van der Waals surface area (Å²) in [5.41, 5.74) is 4.78. The number of benzene rings is 1. The van der Waals surface area contributed by atoms with Gasteiger partial charge in [-0.05, 0) is 73.6 Å². The highest BCUT2D eigenvalue weighted by molar-refractivity contribution is 7.12. The average Bonchev–Trinajstić information content (AvgIpc) is 3.41. The van der Waals surface area contributed by atoms with Gasteiger partial charge in [-0.3, -0.25) is 4.79 Å². The molecular formula is C26H27Cl2N3OS. The lowest BCUT2D eigenvalue weighted by Crippen LogP contribution is -2.54. The van der Waals surface area contributed by atoms with Gasteiger partial charge in [0.05, 0.1) is 16.4 Å². The molecule has 0 radical (unpaired) electrons. The molecule has 172 valence electrons. The van der Waals surface area contributed by atoms with Crippen molar-refractivity contribution >= 4 is 40.4 Å². The first kappa shape index (κ1) is 21.7. The molecule has 2 aromatic heterocycles. The van der Waals surface area contributed by atoms with E-state index in [0.717, 1.165) is 41.4 Å². The van der Waals surface area contributed by atoms with Gasteiger partial charge in [0.2, 0.25) is 0 Å². The second kappa shape index (κ2) is 7.59. The van der Waals surface area contributed by atoms with Gasteiger partial charge in [0, 0.05) is 38.9 Å². The number of amides is 1. The molecule has 2 heterocycles. The summed E-state index contributed by atoms with van der Waals surface area (Å²) in [6.45, 7) is 7.63. The zero-order valence-corrected chi connectivity index (χ0v) is 21.4. The molecule has 3 saturated carbocycles. The minimum Gasteiger partial charge on any atom is -0.350 e. The maximum Gasteiger partial charge on any atom is 0.272 e. The molecule has 4 nitrogen and oxygen atoms in total. The Hall–Kier alpha value is -1.82. The lowest BCUT2D eigenvalue weighted by atomic mass is 9.45. The van der Waals surface area contributed by atoms with Crippen LogP contribution in [0.2, 0.25) is 10.0 Å². The molecule has 0 saturated heterocycles. The van der Waals surface area contributed by atoms with E-state index in [-0.39, 0.29) is 5.91 Å². The number of nitrogens with one attached hydrogen (secondary N) is 1. The van der Waals surface area contributed by atoms with E-state index in [2.05, 4.69) is 32.2 Å². The number of aromatic nitrogens is 2. The molecule has 0 aliphatic heterocycles. The van der Waals surface area contributed by atoms with Gasteiger partial charge in [-0.1, -0.05) is 37.0 Å². The fraction of sp³-hybridized carbons (Fsp3) is 0.462. The molecule has 7 rings (SSSR count). The Morgan fingerprint density at radius 3 is 2.82 bits per heavy atom. The smallest absolute Gasteiger partial charge is 0.272 e. The first-order valence-corrected chi connectivity index (χ1v) is 13.3. The number of hydrogen-bond donors (Lipinski definition) is 1. The van der Waals surface area contributed by atoms with Gasteiger partial charge < -0.3 is 5.32 Å². The van der Waals surface area contributed by atoms with Crippen LogP contribution >= 0.6 is 34.5 Å². The molecule has 4 aliphatic rings. The van der Waals surface area contributed by atoms with Gasteiger partial charge in [-0.15, -0.1) is 11.3 Å². The van der Waals surface area contributed by atoms with Crippen LogP contribution in [0.1, 0.15) is 58.9 Å². The number of halogens is 2. The van der Waals surface area contributed by atoms with Crippen molar-refractivity contribution in [3.8, 4) is 16.9 Å². The number of rotatable bonds is 4. The van der Waals surface area contributed by atoms with Gasteiger partial charge in [0.25, 0.3) is 5.91 Å². The summed E-state index contributed by atoms with van der Waals surface area (Å²) in [5, 5.41) is 9.14. The molecule has 33 heavy (non-hydrogen) atoms. The van der Waals surface area contributed by atoms with Crippen LogP contribution in [0.5, 0.6) is 0 Å². The van der Waals surface area contributed by atoms with E-state index in [0.29, 0.717) is 33.0 Å². The molecule has 3 aromatic rings. The van der Waals surface area contributed by atoms with E-state index in [4.69, 9.17) is 28.3 Å². The van der Waals surface area contributed by atoms with Crippen molar-refractivity contribution in [2.24, 2.45) is 23.2 Å². The zero-order chi connectivity index (χ0) is 23.1. The SMILES string of the molecule is Cc1cc2c(s1)Cc1c(C(=O)NCC3CCC4CC3C4(C)C)nn(-c3ccc(Cl)cc3Cl)c1-2. The number of thiophene rings is 1. The normalized spacial score (nSPS) is 24.2. The summed E-state index contributed by atoms with van der Waals surface area (Å²) < 4.78 is 1.83. The molecule has 3 atom stereocenters. The minimum absolute atomic E-state index is 0.0822. The molecule has 4 aliphatic carbocycles. The van der Waals surface area contributed by atoms with Crippen molar-refractivity contribution in [3.05, 3.63) is 55.3 Å². The first-order valence-electron chi connectivity index (χ1n) is 11.7. The van der Waals surface area contributed by atoms with Gasteiger partial charge in [0.1, 0.15) is 0 Å². The summed E-state index contributed by atoms with van der Waals surface area (Å²) in [4.78, 5) is 15.9. The van der Waals surface area contributed by atoms with Crippen LogP contribution in [0.25, 0.3) is 16.9 Å². The topological polar surface area (TPSA) is 46.9 Å². The van der Waals surface area contributed by atoms with E-state index in [1.807, 2.05) is 16.8 Å². The van der Waals surface area contributed by atoms with Crippen molar-refractivity contribution in [2.45, 2.75) is 46.5 Å². The van der Waals surface area contributed by atoms with Crippen molar-refractivity contribution in [1.29, 1.82) is 0 Å². The van der Waals surface area contributed by atoms with Crippen LogP contribution in [0, 0.1) is 30.1 Å². The Kier molecular flexibility index (Phi) is 4.99. The third-order valence-electron chi connectivity index (χ3n) is 8.39. The highest BCUT2D eigenvalue weighted by Gasteiger charge is 2.54. The van der Waals surface area contributed by atoms with Crippen LogP contribution in [0.3, 0.4) is 0 Å². The number of nitrogens with zero attached hydrogens (tertiary/aromatic N) is 2. The average molecular weight is 500 g/mol. The van der Waals surface area contributed by atoms with Crippen LogP contribution in [0.15, 0.2) is 24.3 Å². The predicted octanol–water partition coefficient (Wildman–Crippen LogP) is 6.92. The second-order valence-electron chi connectivity index (χ2n) is 10.5. The number of fused-ring (bicyclic) bond motifs is 5. The lowest BCUT2D eigenvalue weighted by Gasteiger charge is -2.60. The quantitative estimate of drug-likeness (QED) is 0.331. The Morgan fingerprint density at radius 2 is 2.09 bits per heavy atom. The monoisotopic (exact) mass is 499 g/mol. The van der Waals surface area contributed by atoms with Crippen molar-refractivity contribution in [1.82, 2.24) is 15.1 Å². The summed E-state index contributed by atoms with van der Waals surface area (Å²) in [7, 11) is 0. The van der Waals surface area contributed by atoms with Crippen LogP contribution in [0.4, 0.5) is 0 Å². The van der Waals surface area contributed by atoms with E-state index >= 15 is 0 Å². The summed E-state index contributed by atoms with van der Waals surface area (Å²) in [6, 6.07) is 7.58. The van der Waals surface area contributed by atoms with E-state index in [1.165, 1.54) is 29.0 Å². The minimum atomic E-state index is -0.0822. The molecule has 2 bridgehead atoms. The molecule has 1 N–H and O–H groups in total. The van der Waals surface area contributed by atoms with E-state index < -0.39 is 0 Å². The molecule has 3 unspecified atom stereocenters. The number of hydrogen-bond acceptors (Lipinski definition) is 3. The number of carbonyl (C=O) groups excluding carboxylic acids is 1. The molecular weight excluding hydrogens is 473 g/mol. The summed E-state index contributed by atoms with van der Waals surface area (Å²) in [5.74, 6) is 2.04. The maximum absolute atomic E-state index is 13.4. The summed E-state index contributed by atoms with van der Waals surface area (Å²) >= 11 is 14.5. The third-order valence-corrected chi connectivity index (χ3v) is 9.98. The van der Waals surface area contributed by atoms with E-state index in [1.54, 1.807) is 17.4 Å². The Bertz CT molecular complexity index is 1290. The highest BCUT2D eigenvalue weighted by Crippen LogP contribution is 2.61. The maximum atomic E-state index is 13.4. The lowest BCUT2D eigenvalue weighted by molar-refractivity contribution is -0.103. The largest absolute Gasteiger partial charge is 0.350 e. The third kappa shape index (κ3) is 3.30. The van der Waals surface area contributed by atoms with Crippen LogP contribution in [-0.2, 0) is 6.42 Å². The fourth-order valence-electron chi connectivity index (χ4n) is 6.47. The predicted molar refractivity (Wildman–Crippen MR) is 135 cm³/mol. The van der Waals surface area contributed by atoms with Gasteiger partial charge in [-0.25, -0.2) is 4.68 Å². The first-order chi connectivity index (χ1) is 15.7.